The lowest BCUT2D eigenvalue weighted by atomic mass is 10.2. The average molecular weight is 249 g/mol. The van der Waals surface area contributed by atoms with Crippen LogP contribution in [0.3, 0.4) is 0 Å². The molecule has 0 unspecified atom stereocenters. The fourth-order valence-electron chi connectivity index (χ4n) is 1.61. The Bertz CT molecular complexity index is 383. The summed E-state index contributed by atoms with van der Waals surface area (Å²) >= 11 is 0. The van der Waals surface area contributed by atoms with Gasteiger partial charge in [-0.15, -0.1) is 0 Å². The Hall–Kier alpha value is -1.84. The topological polar surface area (TPSA) is 46.6 Å². The van der Waals surface area contributed by atoms with E-state index in [1.165, 1.54) is 0 Å². The molecule has 0 N–H and O–H groups in total. The van der Waals surface area contributed by atoms with Gasteiger partial charge in [-0.3, -0.25) is 4.79 Å². The molecule has 0 spiro atoms. The Labute approximate surface area is 108 Å². The van der Waals surface area contributed by atoms with Crippen LogP contribution in [-0.2, 0) is 4.79 Å². The normalized spacial score (nSPS) is 9.89. The van der Waals surface area contributed by atoms with Crippen LogP contribution in [0, 0.1) is 0 Å². The highest BCUT2D eigenvalue weighted by molar-refractivity contribution is 5.94. The van der Waals surface area contributed by atoms with Crippen molar-refractivity contribution in [2.24, 2.45) is 0 Å². The second-order valence-electron chi connectivity index (χ2n) is 3.81. The van der Waals surface area contributed by atoms with Crippen LogP contribution in [0.5, 0.6) is 5.75 Å². The zero-order chi connectivity index (χ0) is 13.4. The zero-order valence-corrected chi connectivity index (χ0v) is 10.9. The highest BCUT2D eigenvalue weighted by Crippen LogP contribution is 2.13. The highest BCUT2D eigenvalue weighted by atomic mass is 16.5. The summed E-state index contributed by atoms with van der Waals surface area (Å²) in [5.41, 5.74) is 0.654. The number of carbonyl (C=O) groups is 2. The maximum absolute atomic E-state index is 12.0. The van der Waals surface area contributed by atoms with E-state index in [2.05, 4.69) is 0 Å². The number of aldehydes is 1. The van der Waals surface area contributed by atoms with Crippen LogP contribution in [-0.4, -0.2) is 36.8 Å². The minimum Gasteiger partial charge on any atom is -0.493 e. The summed E-state index contributed by atoms with van der Waals surface area (Å²) in [7, 11) is 0. The number of rotatable bonds is 7. The Morgan fingerprint density at radius 2 is 1.83 bits per heavy atom. The van der Waals surface area contributed by atoms with Crippen LogP contribution in [0.2, 0.25) is 0 Å². The second kappa shape index (κ2) is 7.48. The van der Waals surface area contributed by atoms with Crippen LogP contribution >= 0.6 is 0 Å². The third-order valence-corrected chi connectivity index (χ3v) is 2.66. The van der Waals surface area contributed by atoms with E-state index in [1.54, 1.807) is 29.2 Å². The van der Waals surface area contributed by atoms with Crippen molar-refractivity contribution in [2.75, 3.05) is 19.7 Å². The van der Waals surface area contributed by atoms with E-state index in [1.807, 2.05) is 13.8 Å². The van der Waals surface area contributed by atoms with Gasteiger partial charge >= 0.3 is 0 Å². The lowest BCUT2D eigenvalue weighted by Gasteiger charge is -2.18. The van der Waals surface area contributed by atoms with Gasteiger partial charge in [0.2, 0.25) is 0 Å². The van der Waals surface area contributed by atoms with Crippen molar-refractivity contribution in [3.8, 4) is 5.75 Å². The van der Waals surface area contributed by atoms with Gasteiger partial charge < -0.3 is 14.4 Å². The van der Waals surface area contributed by atoms with Crippen molar-refractivity contribution in [3.63, 3.8) is 0 Å². The Balaban J connectivity index is 2.64. The molecule has 0 aromatic heterocycles. The Kier molecular flexibility index (Phi) is 5.91. The van der Waals surface area contributed by atoms with Crippen molar-refractivity contribution in [1.29, 1.82) is 0 Å². The molecule has 0 aliphatic heterocycles. The van der Waals surface area contributed by atoms with Gasteiger partial charge in [0.15, 0.2) is 0 Å². The molecule has 0 aliphatic rings. The number of amides is 1. The standard InChI is InChI=1S/C14H19NO3/c1-3-15(4-2)14(17)12-6-8-13(9-7-12)18-11-5-10-16/h6-10H,3-5,11H2,1-2H3. The highest BCUT2D eigenvalue weighted by Gasteiger charge is 2.11. The van der Waals surface area contributed by atoms with Gasteiger partial charge in [0.1, 0.15) is 12.0 Å². The molecule has 1 rings (SSSR count). The van der Waals surface area contributed by atoms with E-state index in [-0.39, 0.29) is 5.91 Å². The first-order chi connectivity index (χ1) is 8.72. The lowest BCUT2D eigenvalue weighted by Crippen LogP contribution is -2.30. The van der Waals surface area contributed by atoms with Crippen LogP contribution in [0.1, 0.15) is 30.6 Å². The van der Waals surface area contributed by atoms with Gasteiger partial charge in [-0.25, -0.2) is 0 Å². The van der Waals surface area contributed by atoms with Crippen molar-refractivity contribution >= 4 is 12.2 Å². The molecule has 1 aromatic carbocycles. The van der Waals surface area contributed by atoms with E-state index in [0.29, 0.717) is 37.4 Å². The van der Waals surface area contributed by atoms with Crippen LogP contribution in [0.25, 0.3) is 0 Å². The van der Waals surface area contributed by atoms with Gasteiger partial charge in [0.05, 0.1) is 6.61 Å². The summed E-state index contributed by atoms with van der Waals surface area (Å²) in [5, 5.41) is 0. The second-order valence-corrected chi connectivity index (χ2v) is 3.81. The molecular formula is C14H19NO3. The van der Waals surface area contributed by atoms with Gasteiger partial charge in [-0.2, -0.15) is 0 Å². The predicted octanol–water partition coefficient (Wildman–Crippen LogP) is 2.14. The maximum Gasteiger partial charge on any atom is 0.253 e. The van der Waals surface area contributed by atoms with E-state index >= 15 is 0 Å². The first kappa shape index (κ1) is 14.2. The number of nitrogens with zero attached hydrogens (tertiary/aromatic N) is 1. The van der Waals surface area contributed by atoms with Crippen LogP contribution in [0.4, 0.5) is 0 Å². The number of carbonyl (C=O) groups excluding carboxylic acids is 2. The first-order valence-electron chi connectivity index (χ1n) is 6.18. The molecule has 0 saturated heterocycles. The molecule has 1 amide bonds. The molecule has 0 heterocycles. The molecule has 1 aromatic rings. The van der Waals surface area contributed by atoms with Crippen molar-refractivity contribution in [3.05, 3.63) is 29.8 Å². The van der Waals surface area contributed by atoms with E-state index in [9.17, 15) is 9.59 Å². The van der Waals surface area contributed by atoms with Gasteiger partial charge in [0, 0.05) is 25.1 Å². The van der Waals surface area contributed by atoms with E-state index in [4.69, 9.17) is 4.74 Å². The number of hydrogen-bond acceptors (Lipinski definition) is 3. The third kappa shape index (κ3) is 3.87. The van der Waals surface area contributed by atoms with Crippen LogP contribution in [0.15, 0.2) is 24.3 Å². The molecule has 0 atom stereocenters. The third-order valence-electron chi connectivity index (χ3n) is 2.66. The van der Waals surface area contributed by atoms with E-state index < -0.39 is 0 Å². The van der Waals surface area contributed by atoms with Crippen LogP contribution < -0.4 is 4.74 Å². The summed E-state index contributed by atoms with van der Waals surface area (Å²) in [6.45, 7) is 5.68. The molecular weight excluding hydrogens is 230 g/mol. The molecule has 4 heteroatoms. The Morgan fingerprint density at radius 1 is 1.22 bits per heavy atom. The molecule has 98 valence electrons. The van der Waals surface area contributed by atoms with E-state index in [0.717, 1.165) is 6.29 Å². The summed E-state index contributed by atoms with van der Waals surface area (Å²) < 4.78 is 5.34. The Morgan fingerprint density at radius 3 is 2.33 bits per heavy atom. The molecule has 0 fully saturated rings. The molecule has 4 nitrogen and oxygen atoms in total. The maximum atomic E-state index is 12.0. The smallest absolute Gasteiger partial charge is 0.253 e. The monoisotopic (exact) mass is 249 g/mol. The largest absolute Gasteiger partial charge is 0.493 e. The summed E-state index contributed by atoms with van der Waals surface area (Å²) in [6.07, 6.45) is 1.19. The SMILES string of the molecule is CCN(CC)C(=O)c1ccc(OCCC=O)cc1. The quantitative estimate of drug-likeness (QED) is 0.549. The summed E-state index contributed by atoms with van der Waals surface area (Å²) in [5.74, 6) is 0.701. The first-order valence-corrected chi connectivity index (χ1v) is 6.18. The fourth-order valence-corrected chi connectivity index (χ4v) is 1.61. The molecule has 18 heavy (non-hydrogen) atoms. The number of benzene rings is 1. The van der Waals surface area contributed by atoms with Crippen molar-refractivity contribution in [2.45, 2.75) is 20.3 Å². The van der Waals surface area contributed by atoms with Gasteiger partial charge in [0.25, 0.3) is 5.91 Å². The minimum atomic E-state index is 0.0273. The van der Waals surface area contributed by atoms with Gasteiger partial charge in [-0.1, -0.05) is 0 Å². The molecule has 0 aliphatic carbocycles. The van der Waals surface area contributed by atoms with Gasteiger partial charge in [-0.05, 0) is 38.1 Å². The average Bonchev–Trinajstić information content (AvgIpc) is 2.41. The predicted molar refractivity (Wildman–Crippen MR) is 69.9 cm³/mol. The summed E-state index contributed by atoms with van der Waals surface area (Å²) in [4.78, 5) is 23.9. The molecule has 0 radical (unpaired) electrons. The van der Waals surface area contributed by atoms with Crippen molar-refractivity contribution in [1.82, 2.24) is 4.90 Å². The molecule has 0 saturated carbocycles. The zero-order valence-electron chi connectivity index (χ0n) is 10.9. The number of ether oxygens (including phenoxy) is 1. The van der Waals surface area contributed by atoms with Crippen molar-refractivity contribution < 1.29 is 14.3 Å². The lowest BCUT2D eigenvalue weighted by molar-refractivity contribution is -0.108. The summed E-state index contributed by atoms with van der Waals surface area (Å²) in [6, 6.07) is 7.00. The number of hydrogen-bond donors (Lipinski definition) is 0. The molecule has 0 bridgehead atoms. The fraction of sp³-hybridized carbons (Fsp3) is 0.429. The minimum absolute atomic E-state index is 0.0273.